The number of halogens is 1. The summed E-state index contributed by atoms with van der Waals surface area (Å²) in [5, 5.41) is 12.4. The quantitative estimate of drug-likeness (QED) is 0.815. The summed E-state index contributed by atoms with van der Waals surface area (Å²) in [6, 6.07) is 0. The molecule has 0 saturated heterocycles. The molecule has 1 N–H and O–H groups in total. The molecule has 0 aliphatic carbocycles. The highest BCUT2D eigenvalue weighted by Gasteiger charge is 2.07. The van der Waals surface area contributed by atoms with Gasteiger partial charge in [0, 0.05) is 23.4 Å². The normalized spacial score (nSPS) is 11.1. The highest BCUT2D eigenvalue weighted by atomic mass is 35.5. The van der Waals surface area contributed by atoms with Crippen molar-refractivity contribution >= 4 is 51.2 Å². The van der Waals surface area contributed by atoms with Gasteiger partial charge in [0.05, 0.1) is 0 Å². The summed E-state index contributed by atoms with van der Waals surface area (Å²) in [5.41, 5.74) is 0. The van der Waals surface area contributed by atoms with Gasteiger partial charge >= 0.3 is 0 Å². The molecule has 0 bridgehead atoms. The molecule has 0 spiro atoms. The van der Waals surface area contributed by atoms with Crippen molar-refractivity contribution in [3.63, 3.8) is 0 Å². The van der Waals surface area contributed by atoms with Crippen molar-refractivity contribution in [1.29, 1.82) is 0 Å². The summed E-state index contributed by atoms with van der Waals surface area (Å²) in [6.07, 6.45) is 1.80. The molecule has 0 unspecified atom stereocenters. The van der Waals surface area contributed by atoms with E-state index in [9.17, 15) is 0 Å². The van der Waals surface area contributed by atoms with Crippen LogP contribution in [0.25, 0.3) is 0 Å². The number of aromatic nitrogens is 3. The number of nitrogens with one attached hydrogen (secondary N) is 1. The molecule has 0 fully saturated rings. The molecule has 8 heteroatoms. The predicted molar refractivity (Wildman–Crippen MR) is 79.9 cm³/mol. The van der Waals surface area contributed by atoms with Crippen LogP contribution in [-0.2, 0) is 5.75 Å². The average molecular weight is 321 g/mol. The van der Waals surface area contributed by atoms with E-state index in [4.69, 9.17) is 11.6 Å². The first-order chi connectivity index (χ1) is 8.63. The van der Waals surface area contributed by atoms with Crippen LogP contribution in [0.4, 0.5) is 5.13 Å². The standard InChI is InChI=1S/C10H13ClN4S3/c1-6(2)3-13-9-14-15-10(18-9)16-5-7-4-12-8(11)17-7/h4,6H,3,5H2,1-2H3,(H,13,14). The second-order valence-electron chi connectivity index (χ2n) is 4.02. The van der Waals surface area contributed by atoms with Gasteiger partial charge in [-0.1, -0.05) is 48.5 Å². The Morgan fingerprint density at radius 3 is 2.89 bits per heavy atom. The zero-order chi connectivity index (χ0) is 13.0. The van der Waals surface area contributed by atoms with Crippen molar-refractivity contribution in [2.24, 2.45) is 5.92 Å². The maximum atomic E-state index is 5.78. The van der Waals surface area contributed by atoms with Crippen molar-refractivity contribution in [3.05, 3.63) is 15.5 Å². The van der Waals surface area contributed by atoms with Gasteiger partial charge in [0.25, 0.3) is 0 Å². The minimum absolute atomic E-state index is 0.585. The molecular formula is C10H13ClN4S3. The predicted octanol–water partition coefficient (Wildman–Crippen LogP) is 4.01. The summed E-state index contributed by atoms with van der Waals surface area (Å²) in [6.45, 7) is 5.25. The third-order valence-electron chi connectivity index (χ3n) is 1.93. The van der Waals surface area contributed by atoms with Gasteiger partial charge in [-0.3, -0.25) is 0 Å². The summed E-state index contributed by atoms with van der Waals surface area (Å²) >= 11 is 10.5. The minimum atomic E-state index is 0.585. The van der Waals surface area contributed by atoms with Gasteiger partial charge in [0.1, 0.15) is 0 Å². The number of hydrogen-bond acceptors (Lipinski definition) is 7. The van der Waals surface area contributed by atoms with Crippen molar-refractivity contribution in [3.8, 4) is 0 Å². The first-order valence-corrected chi connectivity index (χ1v) is 8.43. The lowest BCUT2D eigenvalue weighted by Gasteiger charge is -2.03. The van der Waals surface area contributed by atoms with E-state index in [1.165, 1.54) is 11.3 Å². The molecule has 2 heterocycles. The first kappa shape index (κ1) is 14.0. The Kier molecular flexibility index (Phi) is 5.23. The van der Waals surface area contributed by atoms with Gasteiger partial charge in [0.2, 0.25) is 5.13 Å². The van der Waals surface area contributed by atoms with E-state index in [0.29, 0.717) is 10.4 Å². The lowest BCUT2D eigenvalue weighted by Crippen LogP contribution is -2.07. The zero-order valence-electron chi connectivity index (χ0n) is 10.0. The smallest absolute Gasteiger partial charge is 0.206 e. The highest BCUT2D eigenvalue weighted by Crippen LogP contribution is 2.30. The molecule has 18 heavy (non-hydrogen) atoms. The summed E-state index contributed by atoms with van der Waals surface area (Å²) in [4.78, 5) is 5.16. The van der Waals surface area contributed by atoms with E-state index >= 15 is 0 Å². The minimum Gasteiger partial charge on any atom is -0.360 e. The maximum absolute atomic E-state index is 5.78. The number of anilines is 1. The van der Waals surface area contributed by atoms with Gasteiger partial charge in [0.15, 0.2) is 8.81 Å². The fourth-order valence-electron chi connectivity index (χ4n) is 1.11. The molecule has 0 aliphatic rings. The Balaban J connectivity index is 1.83. The summed E-state index contributed by atoms with van der Waals surface area (Å²) in [5.74, 6) is 1.44. The third-order valence-corrected chi connectivity index (χ3v) is 5.29. The Hall–Kier alpha value is -0.370. The van der Waals surface area contributed by atoms with E-state index in [1.807, 2.05) is 0 Å². The summed E-state index contributed by atoms with van der Waals surface area (Å²) in [7, 11) is 0. The number of rotatable bonds is 6. The molecule has 0 radical (unpaired) electrons. The summed E-state index contributed by atoms with van der Waals surface area (Å²) < 4.78 is 1.55. The molecule has 0 aliphatic heterocycles. The monoisotopic (exact) mass is 320 g/mol. The molecule has 0 amide bonds. The van der Waals surface area contributed by atoms with Crippen molar-refractivity contribution in [1.82, 2.24) is 15.2 Å². The van der Waals surface area contributed by atoms with Crippen LogP contribution in [0.3, 0.4) is 0 Å². The second-order valence-corrected chi connectivity index (χ2v) is 7.91. The number of nitrogens with zero attached hydrogens (tertiary/aromatic N) is 3. The van der Waals surface area contributed by atoms with Gasteiger partial charge in [-0.2, -0.15) is 0 Å². The molecule has 4 nitrogen and oxygen atoms in total. The van der Waals surface area contributed by atoms with Crippen LogP contribution >= 0.6 is 46.0 Å². The van der Waals surface area contributed by atoms with Crippen molar-refractivity contribution in [2.75, 3.05) is 11.9 Å². The van der Waals surface area contributed by atoms with E-state index in [1.54, 1.807) is 29.3 Å². The maximum Gasteiger partial charge on any atom is 0.206 e. The first-order valence-electron chi connectivity index (χ1n) is 5.44. The molecular weight excluding hydrogens is 308 g/mol. The molecule has 0 atom stereocenters. The van der Waals surface area contributed by atoms with Crippen LogP contribution in [-0.4, -0.2) is 21.7 Å². The number of thioether (sulfide) groups is 1. The van der Waals surface area contributed by atoms with E-state index in [2.05, 4.69) is 34.3 Å². The Morgan fingerprint density at radius 1 is 1.39 bits per heavy atom. The molecule has 98 valence electrons. The molecule has 2 aromatic heterocycles. The highest BCUT2D eigenvalue weighted by molar-refractivity contribution is 8.00. The topological polar surface area (TPSA) is 50.7 Å². The van der Waals surface area contributed by atoms with E-state index in [0.717, 1.165) is 26.6 Å². The third kappa shape index (κ3) is 4.38. The van der Waals surface area contributed by atoms with Crippen LogP contribution in [0, 0.1) is 5.92 Å². The Labute approximate surface area is 123 Å². The fraction of sp³-hybridized carbons (Fsp3) is 0.500. The molecule has 0 aromatic carbocycles. The van der Waals surface area contributed by atoms with Crippen LogP contribution in [0.15, 0.2) is 10.5 Å². The molecule has 2 rings (SSSR count). The lowest BCUT2D eigenvalue weighted by atomic mass is 10.2. The lowest BCUT2D eigenvalue weighted by molar-refractivity contribution is 0.687. The van der Waals surface area contributed by atoms with Crippen LogP contribution < -0.4 is 5.32 Å². The zero-order valence-corrected chi connectivity index (χ0v) is 13.2. The van der Waals surface area contributed by atoms with E-state index < -0.39 is 0 Å². The van der Waals surface area contributed by atoms with Gasteiger partial charge in [-0.25, -0.2) is 4.98 Å². The van der Waals surface area contributed by atoms with Gasteiger partial charge < -0.3 is 5.32 Å². The van der Waals surface area contributed by atoms with Crippen LogP contribution in [0.5, 0.6) is 0 Å². The van der Waals surface area contributed by atoms with Crippen molar-refractivity contribution in [2.45, 2.75) is 23.9 Å². The van der Waals surface area contributed by atoms with Gasteiger partial charge in [-0.05, 0) is 5.92 Å². The number of hydrogen-bond donors (Lipinski definition) is 1. The Bertz CT molecular complexity index is 497. The second kappa shape index (κ2) is 6.70. The van der Waals surface area contributed by atoms with E-state index in [-0.39, 0.29) is 0 Å². The fourth-order valence-corrected chi connectivity index (χ4v) is 3.87. The van der Waals surface area contributed by atoms with Crippen LogP contribution in [0.2, 0.25) is 4.47 Å². The molecule has 0 saturated carbocycles. The Morgan fingerprint density at radius 2 is 2.22 bits per heavy atom. The van der Waals surface area contributed by atoms with Crippen LogP contribution in [0.1, 0.15) is 18.7 Å². The number of thiazole rings is 1. The largest absolute Gasteiger partial charge is 0.360 e. The van der Waals surface area contributed by atoms with Gasteiger partial charge in [-0.15, -0.1) is 21.5 Å². The average Bonchev–Trinajstić information content (AvgIpc) is 2.93. The SMILES string of the molecule is CC(C)CNc1nnc(SCc2cnc(Cl)s2)s1. The van der Waals surface area contributed by atoms with Crippen molar-refractivity contribution < 1.29 is 0 Å². The molecule has 2 aromatic rings.